The molecule has 2 aliphatic rings. The molecular weight excluding hydrogens is 214 g/mol. The van der Waals surface area contributed by atoms with Gasteiger partial charge in [0, 0.05) is 18.5 Å². The predicted octanol–water partition coefficient (Wildman–Crippen LogP) is 2.23. The summed E-state index contributed by atoms with van der Waals surface area (Å²) in [4.78, 5) is 13.6. The number of carbonyl (C=O) groups excluding carboxylic acids is 1. The van der Waals surface area contributed by atoms with E-state index in [0.29, 0.717) is 6.54 Å². The van der Waals surface area contributed by atoms with Crippen molar-refractivity contribution in [2.45, 2.75) is 33.1 Å². The van der Waals surface area contributed by atoms with Gasteiger partial charge >= 0.3 is 5.97 Å². The van der Waals surface area contributed by atoms with Crippen LogP contribution in [0.4, 0.5) is 0 Å². The van der Waals surface area contributed by atoms with E-state index in [-0.39, 0.29) is 16.8 Å². The summed E-state index contributed by atoms with van der Waals surface area (Å²) in [6.45, 7) is 7.04. The number of methoxy groups -OCH3 is 1. The van der Waals surface area contributed by atoms with Gasteiger partial charge in [0.25, 0.3) is 0 Å². The fraction of sp³-hybridized carbons (Fsp3) is 0.786. The first-order chi connectivity index (χ1) is 7.99. The predicted molar refractivity (Wildman–Crippen MR) is 67.7 cm³/mol. The minimum Gasteiger partial charge on any atom is -0.468 e. The lowest BCUT2D eigenvalue weighted by molar-refractivity contribution is -0.141. The van der Waals surface area contributed by atoms with Crippen LogP contribution in [-0.4, -0.2) is 37.6 Å². The number of rotatable bonds is 2. The SMILES string of the molecule is COC(=O)CN1CC(C)(C)[C@]2(C=CCCC2)C1. The zero-order valence-corrected chi connectivity index (χ0v) is 11.2. The molecule has 0 aromatic rings. The Labute approximate surface area is 104 Å². The van der Waals surface area contributed by atoms with E-state index < -0.39 is 0 Å². The van der Waals surface area contributed by atoms with Gasteiger partial charge in [-0.25, -0.2) is 0 Å². The molecule has 2 rings (SSSR count). The Morgan fingerprint density at radius 2 is 2.18 bits per heavy atom. The van der Waals surface area contributed by atoms with Crippen molar-refractivity contribution in [3.63, 3.8) is 0 Å². The Morgan fingerprint density at radius 1 is 1.41 bits per heavy atom. The number of ether oxygens (including phenoxy) is 1. The maximum absolute atomic E-state index is 11.4. The average Bonchev–Trinajstić information content (AvgIpc) is 2.51. The zero-order chi connectivity index (χ0) is 12.5. The van der Waals surface area contributed by atoms with Crippen molar-refractivity contribution in [2.24, 2.45) is 10.8 Å². The number of carbonyl (C=O) groups is 1. The van der Waals surface area contributed by atoms with Crippen molar-refractivity contribution in [2.75, 3.05) is 26.7 Å². The monoisotopic (exact) mass is 237 g/mol. The van der Waals surface area contributed by atoms with Crippen LogP contribution in [0.5, 0.6) is 0 Å². The molecule has 1 saturated heterocycles. The van der Waals surface area contributed by atoms with Crippen LogP contribution in [0.1, 0.15) is 33.1 Å². The van der Waals surface area contributed by atoms with E-state index in [2.05, 4.69) is 30.9 Å². The summed E-state index contributed by atoms with van der Waals surface area (Å²) in [7, 11) is 1.46. The number of allylic oxidation sites excluding steroid dienone is 1. The molecule has 1 atom stereocenters. The summed E-state index contributed by atoms with van der Waals surface area (Å²) in [5.74, 6) is -0.127. The smallest absolute Gasteiger partial charge is 0.319 e. The van der Waals surface area contributed by atoms with Crippen molar-refractivity contribution >= 4 is 5.97 Å². The Bertz CT molecular complexity index is 335. The summed E-state index contributed by atoms with van der Waals surface area (Å²) >= 11 is 0. The van der Waals surface area contributed by atoms with Crippen molar-refractivity contribution < 1.29 is 9.53 Å². The molecule has 0 aromatic heterocycles. The topological polar surface area (TPSA) is 29.5 Å². The van der Waals surface area contributed by atoms with Gasteiger partial charge in [0.2, 0.25) is 0 Å². The maximum atomic E-state index is 11.4. The lowest BCUT2D eigenvalue weighted by Crippen LogP contribution is -2.36. The van der Waals surface area contributed by atoms with Crippen LogP contribution in [0.3, 0.4) is 0 Å². The average molecular weight is 237 g/mol. The van der Waals surface area contributed by atoms with Crippen molar-refractivity contribution in [1.29, 1.82) is 0 Å². The molecule has 0 bridgehead atoms. The Balaban J connectivity index is 2.11. The highest BCUT2D eigenvalue weighted by molar-refractivity contribution is 5.71. The molecule has 17 heavy (non-hydrogen) atoms. The zero-order valence-electron chi connectivity index (χ0n) is 11.2. The van der Waals surface area contributed by atoms with Gasteiger partial charge in [-0.15, -0.1) is 0 Å². The third-order valence-electron chi connectivity index (χ3n) is 4.48. The summed E-state index contributed by atoms with van der Waals surface area (Å²) in [6.07, 6.45) is 8.43. The number of esters is 1. The summed E-state index contributed by atoms with van der Waals surface area (Å²) < 4.78 is 4.76. The first kappa shape index (κ1) is 12.6. The van der Waals surface area contributed by atoms with Crippen LogP contribution < -0.4 is 0 Å². The van der Waals surface area contributed by atoms with Crippen LogP contribution in [0.2, 0.25) is 0 Å². The fourth-order valence-electron chi connectivity index (χ4n) is 3.37. The van der Waals surface area contributed by atoms with Gasteiger partial charge in [0.05, 0.1) is 13.7 Å². The van der Waals surface area contributed by atoms with Gasteiger partial charge in [0.15, 0.2) is 0 Å². The van der Waals surface area contributed by atoms with Crippen LogP contribution >= 0.6 is 0 Å². The third-order valence-corrected chi connectivity index (χ3v) is 4.48. The molecule has 0 aromatic carbocycles. The molecule has 0 unspecified atom stereocenters. The molecule has 0 saturated carbocycles. The van der Waals surface area contributed by atoms with E-state index in [4.69, 9.17) is 4.74 Å². The van der Waals surface area contributed by atoms with Gasteiger partial charge in [-0.05, 0) is 24.7 Å². The van der Waals surface area contributed by atoms with Gasteiger partial charge in [0.1, 0.15) is 0 Å². The number of nitrogens with zero attached hydrogens (tertiary/aromatic N) is 1. The summed E-state index contributed by atoms with van der Waals surface area (Å²) in [6, 6.07) is 0. The molecule has 0 radical (unpaired) electrons. The normalized spacial score (nSPS) is 31.9. The third kappa shape index (κ3) is 2.25. The Kier molecular flexibility index (Phi) is 3.30. The summed E-state index contributed by atoms with van der Waals surface area (Å²) in [5.41, 5.74) is 0.511. The van der Waals surface area contributed by atoms with Crippen molar-refractivity contribution in [3.05, 3.63) is 12.2 Å². The van der Waals surface area contributed by atoms with Crippen molar-refractivity contribution in [1.82, 2.24) is 4.90 Å². The minimum absolute atomic E-state index is 0.127. The molecular formula is C14H23NO2. The second kappa shape index (κ2) is 4.45. The van der Waals surface area contributed by atoms with Crippen molar-refractivity contribution in [3.8, 4) is 0 Å². The standard InChI is InChI=1S/C14H23NO2/c1-13(2)10-15(9-12(16)17-3)11-14(13)7-5-4-6-8-14/h5,7H,4,6,8-11H2,1-3H3/t14-/m0/s1. The number of likely N-dealkylation sites (tertiary alicyclic amines) is 1. The lowest BCUT2D eigenvalue weighted by atomic mass is 9.63. The van der Waals surface area contributed by atoms with E-state index in [1.165, 1.54) is 26.4 Å². The van der Waals surface area contributed by atoms with E-state index in [1.807, 2.05) is 0 Å². The second-order valence-corrected chi connectivity index (χ2v) is 6.06. The van der Waals surface area contributed by atoms with Gasteiger partial charge in [-0.2, -0.15) is 0 Å². The maximum Gasteiger partial charge on any atom is 0.319 e. The Morgan fingerprint density at radius 3 is 2.76 bits per heavy atom. The van der Waals surface area contributed by atoms with E-state index in [9.17, 15) is 4.79 Å². The Hall–Kier alpha value is -0.830. The van der Waals surface area contributed by atoms with Gasteiger partial charge in [-0.3, -0.25) is 9.69 Å². The molecule has 3 heteroatoms. The molecule has 96 valence electrons. The molecule has 0 amide bonds. The van der Waals surface area contributed by atoms with E-state index in [0.717, 1.165) is 13.1 Å². The highest BCUT2D eigenvalue weighted by Gasteiger charge is 2.50. The molecule has 1 fully saturated rings. The fourth-order valence-corrected chi connectivity index (χ4v) is 3.37. The summed E-state index contributed by atoms with van der Waals surface area (Å²) in [5, 5.41) is 0. The van der Waals surface area contributed by atoms with Gasteiger partial charge in [-0.1, -0.05) is 26.0 Å². The van der Waals surface area contributed by atoms with Gasteiger partial charge < -0.3 is 4.74 Å². The molecule has 0 N–H and O–H groups in total. The van der Waals surface area contributed by atoms with Crippen LogP contribution in [0.25, 0.3) is 0 Å². The first-order valence-corrected chi connectivity index (χ1v) is 6.46. The second-order valence-electron chi connectivity index (χ2n) is 6.06. The first-order valence-electron chi connectivity index (χ1n) is 6.46. The van der Waals surface area contributed by atoms with E-state index >= 15 is 0 Å². The highest BCUT2D eigenvalue weighted by Crippen LogP contribution is 2.51. The lowest BCUT2D eigenvalue weighted by Gasteiger charge is -2.40. The number of hydrogen-bond acceptors (Lipinski definition) is 3. The minimum atomic E-state index is -0.127. The molecule has 1 spiro atoms. The van der Waals surface area contributed by atoms with Crippen LogP contribution in [0, 0.1) is 10.8 Å². The van der Waals surface area contributed by atoms with Crippen LogP contribution in [0.15, 0.2) is 12.2 Å². The largest absolute Gasteiger partial charge is 0.468 e. The number of hydrogen-bond donors (Lipinski definition) is 0. The van der Waals surface area contributed by atoms with Crippen LogP contribution in [-0.2, 0) is 9.53 Å². The molecule has 3 nitrogen and oxygen atoms in total. The van der Waals surface area contributed by atoms with E-state index in [1.54, 1.807) is 0 Å². The molecule has 1 heterocycles. The molecule has 1 aliphatic heterocycles. The molecule has 1 aliphatic carbocycles. The highest BCUT2D eigenvalue weighted by atomic mass is 16.5. The quantitative estimate of drug-likeness (QED) is 0.545.